The van der Waals surface area contributed by atoms with Crippen molar-refractivity contribution >= 4 is 11.0 Å². The predicted octanol–water partition coefficient (Wildman–Crippen LogP) is 2.19. The SMILES string of the molecule is OC[C@@H]1C[C@H](n2ccnc2-c2cc3ccccc3o2)CN1. The quantitative estimate of drug-likeness (QED) is 0.773. The van der Waals surface area contributed by atoms with Crippen molar-refractivity contribution in [3.8, 4) is 11.6 Å². The Morgan fingerprint density at radius 2 is 2.29 bits per heavy atom. The van der Waals surface area contributed by atoms with Gasteiger partial charge in [-0.25, -0.2) is 4.98 Å². The third kappa shape index (κ3) is 2.14. The first-order chi connectivity index (χ1) is 10.3. The molecule has 0 bridgehead atoms. The third-order valence-electron chi connectivity index (χ3n) is 4.13. The van der Waals surface area contributed by atoms with E-state index in [4.69, 9.17) is 4.42 Å². The van der Waals surface area contributed by atoms with E-state index < -0.39 is 0 Å². The van der Waals surface area contributed by atoms with Crippen molar-refractivity contribution in [1.82, 2.24) is 14.9 Å². The number of hydrogen-bond donors (Lipinski definition) is 2. The molecule has 0 spiro atoms. The first-order valence-electron chi connectivity index (χ1n) is 7.21. The van der Waals surface area contributed by atoms with Crippen molar-refractivity contribution in [3.63, 3.8) is 0 Å². The van der Waals surface area contributed by atoms with E-state index in [0.29, 0.717) is 6.04 Å². The summed E-state index contributed by atoms with van der Waals surface area (Å²) >= 11 is 0. The van der Waals surface area contributed by atoms with E-state index in [1.54, 1.807) is 6.20 Å². The maximum atomic E-state index is 9.26. The Morgan fingerprint density at radius 3 is 3.10 bits per heavy atom. The first-order valence-corrected chi connectivity index (χ1v) is 7.21. The zero-order chi connectivity index (χ0) is 14.2. The van der Waals surface area contributed by atoms with Crippen molar-refractivity contribution < 1.29 is 9.52 Å². The highest BCUT2D eigenvalue weighted by Crippen LogP contribution is 2.30. The monoisotopic (exact) mass is 283 g/mol. The average molecular weight is 283 g/mol. The van der Waals surface area contributed by atoms with Crippen LogP contribution < -0.4 is 5.32 Å². The molecular weight excluding hydrogens is 266 g/mol. The van der Waals surface area contributed by atoms with Crippen LogP contribution in [0, 0.1) is 0 Å². The highest BCUT2D eigenvalue weighted by molar-refractivity contribution is 5.81. The Balaban J connectivity index is 1.71. The number of rotatable bonds is 3. The van der Waals surface area contributed by atoms with Crippen LogP contribution in [0.1, 0.15) is 12.5 Å². The van der Waals surface area contributed by atoms with E-state index in [1.165, 1.54) is 0 Å². The van der Waals surface area contributed by atoms with Gasteiger partial charge in [0, 0.05) is 36.4 Å². The van der Waals surface area contributed by atoms with E-state index in [9.17, 15) is 5.11 Å². The number of imidazole rings is 1. The second-order valence-electron chi connectivity index (χ2n) is 5.48. The van der Waals surface area contributed by atoms with Crippen LogP contribution in [-0.2, 0) is 0 Å². The lowest BCUT2D eigenvalue weighted by Gasteiger charge is -2.13. The van der Waals surface area contributed by atoms with Crippen molar-refractivity contribution in [1.29, 1.82) is 0 Å². The molecule has 0 unspecified atom stereocenters. The molecule has 5 nitrogen and oxygen atoms in total. The molecule has 2 aromatic heterocycles. The number of fused-ring (bicyclic) bond motifs is 1. The molecule has 0 aliphatic carbocycles. The molecule has 1 aromatic carbocycles. The van der Waals surface area contributed by atoms with Crippen LogP contribution in [0.4, 0.5) is 0 Å². The standard InChI is InChI=1S/C16H17N3O2/c20-10-12-8-13(9-18-12)19-6-5-17-16(19)15-7-11-3-1-2-4-14(11)21-15/h1-7,12-13,18,20H,8-10H2/t12-,13-/m0/s1. The van der Waals surface area contributed by atoms with E-state index in [2.05, 4.69) is 14.9 Å². The van der Waals surface area contributed by atoms with Gasteiger partial charge in [0.1, 0.15) is 5.58 Å². The predicted molar refractivity (Wildman–Crippen MR) is 80.0 cm³/mol. The third-order valence-corrected chi connectivity index (χ3v) is 4.13. The lowest BCUT2D eigenvalue weighted by molar-refractivity contribution is 0.253. The molecule has 3 heterocycles. The zero-order valence-electron chi connectivity index (χ0n) is 11.6. The van der Waals surface area contributed by atoms with E-state index in [-0.39, 0.29) is 12.6 Å². The molecule has 2 atom stereocenters. The number of aliphatic hydroxyl groups is 1. The fraction of sp³-hybridized carbons (Fsp3) is 0.312. The number of benzene rings is 1. The number of nitrogens with zero attached hydrogens (tertiary/aromatic N) is 2. The molecule has 2 N–H and O–H groups in total. The summed E-state index contributed by atoms with van der Waals surface area (Å²) in [6, 6.07) is 10.5. The Bertz CT molecular complexity index is 729. The normalized spacial score (nSPS) is 22.1. The van der Waals surface area contributed by atoms with Crippen molar-refractivity contribution in [3.05, 3.63) is 42.7 Å². The Hall–Kier alpha value is -2.11. The summed E-state index contributed by atoms with van der Waals surface area (Å²) in [6.07, 6.45) is 4.68. The van der Waals surface area contributed by atoms with Gasteiger partial charge >= 0.3 is 0 Å². The van der Waals surface area contributed by atoms with Crippen LogP contribution in [0.2, 0.25) is 0 Å². The van der Waals surface area contributed by atoms with Gasteiger partial charge in [0.05, 0.1) is 6.61 Å². The van der Waals surface area contributed by atoms with Gasteiger partial charge in [0.2, 0.25) is 0 Å². The molecule has 1 saturated heterocycles. The van der Waals surface area contributed by atoms with Gasteiger partial charge in [0.25, 0.3) is 0 Å². The summed E-state index contributed by atoms with van der Waals surface area (Å²) in [7, 11) is 0. The average Bonchev–Trinajstić information content (AvgIpc) is 3.23. The lowest BCUT2D eigenvalue weighted by Crippen LogP contribution is -2.24. The molecule has 1 aliphatic rings. The fourth-order valence-corrected chi connectivity index (χ4v) is 3.04. The van der Waals surface area contributed by atoms with Gasteiger partial charge in [-0.05, 0) is 18.6 Å². The van der Waals surface area contributed by atoms with Gasteiger partial charge in [-0.1, -0.05) is 18.2 Å². The van der Waals surface area contributed by atoms with E-state index in [1.807, 2.05) is 36.5 Å². The number of furan rings is 1. The second kappa shape index (κ2) is 5.02. The summed E-state index contributed by atoms with van der Waals surface area (Å²) in [5.41, 5.74) is 0.875. The van der Waals surface area contributed by atoms with Crippen LogP contribution in [0.15, 0.2) is 47.1 Å². The maximum absolute atomic E-state index is 9.26. The minimum Gasteiger partial charge on any atom is -0.453 e. The summed E-state index contributed by atoms with van der Waals surface area (Å²) in [5.74, 6) is 1.63. The highest BCUT2D eigenvalue weighted by Gasteiger charge is 2.27. The number of nitrogens with one attached hydrogen (secondary N) is 1. The van der Waals surface area contributed by atoms with Crippen LogP contribution in [-0.4, -0.2) is 33.9 Å². The minimum absolute atomic E-state index is 0.168. The number of aliphatic hydroxyl groups excluding tert-OH is 1. The fourth-order valence-electron chi connectivity index (χ4n) is 3.04. The van der Waals surface area contributed by atoms with Crippen LogP contribution in [0.25, 0.3) is 22.6 Å². The summed E-state index contributed by atoms with van der Waals surface area (Å²) in [5, 5.41) is 13.7. The molecule has 108 valence electrons. The number of para-hydroxylation sites is 1. The summed E-state index contributed by atoms with van der Waals surface area (Å²) in [4.78, 5) is 4.46. The van der Waals surface area contributed by atoms with Gasteiger partial charge in [-0.15, -0.1) is 0 Å². The largest absolute Gasteiger partial charge is 0.453 e. The Labute approximate surface area is 122 Å². The van der Waals surface area contributed by atoms with Crippen molar-refractivity contribution in [2.45, 2.75) is 18.5 Å². The summed E-state index contributed by atoms with van der Waals surface area (Å²) in [6.45, 7) is 1.01. The molecule has 0 radical (unpaired) electrons. The smallest absolute Gasteiger partial charge is 0.176 e. The van der Waals surface area contributed by atoms with Crippen LogP contribution >= 0.6 is 0 Å². The summed E-state index contributed by atoms with van der Waals surface area (Å²) < 4.78 is 8.05. The number of hydrogen-bond acceptors (Lipinski definition) is 4. The highest BCUT2D eigenvalue weighted by atomic mass is 16.3. The molecule has 3 aromatic rings. The van der Waals surface area contributed by atoms with Crippen LogP contribution in [0.3, 0.4) is 0 Å². The Morgan fingerprint density at radius 1 is 1.38 bits per heavy atom. The first kappa shape index (κ1) is 12.6. The van der Waals surface area contributed by atoms with Crippen molar-refractivity contribution in [2.75, 3.05) is 13.2 Å². The van der Waals surface area contributed by atoms with Gasteiger partial charge in [-0.3, -0.25) is 0 Å². The Kier molecular flexibility index (Phi) is 3.02. The second-order valence-corrected chi connectivity index (χ2v) is 5.48. The minimum atomic E-state index is 0.168. The van der Waals surface area contributed by atoms with Gasteiger partial charge < -0.3 is 19.4 Å². The molecule has 4 rings (SSSR count). The van der Waals surface area contributed by atoms with Gasteiger partial charge in [-0.2, -0.15) is 0 Å². The molecule has 1 fully saturated rings. The molecule has 0 saturated carbocycles. The topological polar surface area (TPSA) is 63.2 Å². The van der Waals surface area contributed by atoms with Crippen molar-refractivity contribution in [2.24, 2.45) is 0 Å². The molecule has 21 heavy (non-hydrogen) atoms. The molecule has 5 heteroatoms. The molecule has 1 aliphatic heterocycles. The van der Waals surface area contributed by atoms with Gasteiger partial charge in [0.15, 0.2) is 11.6 Å². The van der Waals surface area contributed by atoms with E-state index in [0.717, 1.165) is 35.5 Å². The van der Waals surface area contributed by atoms with E-state index >= 15 is 0 Å². The number of aromatic nitrogens is 2. The maximum Gasteiger partial charge on any atom is 0.176 e. The van der Waals surface area contributed by atoms with Crippen LogP contribution in [0.5, 0.6) is 0 Å². The lowest BCUT2D eigenvalue weighted by atomic mass is 10.2. The zero-order valence-corrected chi connectivity index (χ0v) is 11.6. The molecular formula is C16H17N3O2. The molecule has 0 amide bonds.